The van der Waals surface area contributed by atoms with E-state index in [9.17, 15) is 13.2 Å². The van der Waals surface area contributed by atoms with Crippen molar-refractivity contribution in [3.8, 4) is 0 Å². The van der Waals surface area contributed by atoms with Crippen LogP contribution in [0, 0.1) is 0 Å². The molecule has 0 atom stereocenters. The third-order valence-corrected chi connectivity index (χ3v) is 5.10. The SMILES string of the molecule is NC(=S)c1ccccc1NC(=O)CN1CCS(=O)(=O)CC1. The van der Waals surface area contributed by atoms with Gasteiger partial charge in [-0.2, -0.15) is 0 Å². The van der Waals surface area contributed by atoms with Gasteiger partial charge >= 0.3 is 0 Å². The van der Waals surface area contributed by atoms with Crippen molar-refractivity contribution in [2.45, 2.75) is 0 Å². The second kappa shape index (κ2) is 6.50. The van der Waals surface area contributed by atoms with E-state index in [0.717, 1.165) is 0 Å². The molecule has 1 heterocycles. The lowest BCUT2D eigenvalue weighted by atomic mass is 10.2. The number of sulfone groups is 1. The number of anilines is 1. The van der Waals surface area contributed by atoms with Crippen molar-refractivity contribution in [2.75, 3.05) is 36.5 Å². The molecular weight excluding hydrogens is 310 g/mol. The van der Waals surface area contributed by atoms with Gasteiger partial charge in [0.05, 0.1) is 23.7 Å². The molecule has 6 nitrogen and oxygen atoms in total. The molecule has 0 spiro atoms. The van der Waals surface area contributed by atoms with E-state index in [1.54, 1.807) is 24.3 Å². The fourth-order valence-corrected chi connectivity index (χ4v) is 3.56. The summed E-state index contributed by atoms with van der Waals surface area (Å²) in [4.78, 5) is 14.1. The summed E-state index contributed by atoms with van der Waals surface area (Å²) < 4.78 is 22.7. The van der Waals surface area contributed by atoms with Crippen LogP contribution in [0.1, 0.15) is 5.56 Å². The molecule has 8 heteroatoms. The minimum Gasteiger partial charge on any atom is -0.389 e. The number of hydrogen-bond acceptors (Lipinski definition) is 5. The molecule has 21 heavy (non-hydrogen) atoms. The number of carbonyl (C=O) groups is 1. The quantitative estimate of drug-likeness (QED) is 0.756. The molecule has 2 rings (SSSR count). The van der Waals surface area contributed by atoms with Crippen LogP contribution in [0.25, 0.3) is 0 Å². The summed E-state index contributed by atoms with van der Waals surface area (Å²) in [5, 5.41) is 2.76. The maximum Gasteiger partial charge on any atom is 0.238 e. The molecular formula is C13H17N3O3S2. The average molecular weight is 327 g/mol. The highest BCUT2D eigenvalue weighted by atomic mass is 32.2. The molecule has 1 saturated heterocycles. The fraction of sp³-hybridized carbons (Fsp3) is 0.385. The van der Waals surface area contributed by atoms with Gasteiger partial charge < -0.3 is 11.1 Å². The Bertz CT molecular complexity index is 644. The number of nitrogens with zero attached hydrogens (tertiary/aromatic N) is 1. The van der Waals surface area contributed by atoms with E-state index in [-0.39, 0.29) is 28.9 Å². The molecule has 0 aliphatic carbocycles. The smallest absolute Gasteiger partial charge is 0.238 e. The van der Waals surface area contributed by atoms with Crippen molar-refractivity contribution < 1.29 is 13.2 Å². The Morgan fingerprint density at radius 2 is 1.90 bits per heavy atom. The lowest BCUT2D eigenvalue weighted by Crippen LogP contribution is -2.44. The molecule has 1 amide bonds. The third-order valence-electron chi connectivity index (χ3n) is 3.27. The number of hydrogen-bond donors (Lipinski definition) is 2. The molecule has 0 unspecified atom stereocenters. The minimum absolute atomic E-state index is 0.101. The first-order valence-corrected chi connectivity index (χ1v) is 8.72. The maximum atomic E-state index is 12.0. The van der Waals surface area contributed by atoms with Crippen LogP contribution in [0.4, 0.5) is 5.69 Å². The summed E-state index contributed by atoms with van der Waals surface area (Å²) in [6.45, 7) is 0.917. The van der Waals surface area contributed by atoms with Gasteiger partial charge in [-0.25, -0.2) is 8.42 Å². The molecule has 1 aromatic carbocycles. The number of para-hydroxylation sites is 1. The average Bonchev–Trinajstić information content (AvgIpc) is 2.41. The number of thiocarbonyl (C=S) groups is 1. The number of rotatable bonds is 4. The topological polar surface area (TPSA) is 92.5 Å². The summed E-state index contributed by atoms with van der Waals surface area (Å²) in [5.74, 6) is -0.00830. The van der Waals surface area contributed by atoms with Gasteiger partial charge in [0, 0.05) is 18.7 Å². The highest BCUT2D eigenvalue weighted by Gasteiger charge is 2.23. The van der Waals surface area contributed by atoms with E-state index < -0.39 is 9.84 Å². The molecule has 1 aromatic rings. The molecule has 114 valence electrons. The van der Waals surface area contributed by atoms with E-state index in [4.69, 9.17) is 18.0 Å². The normalized spacial score (nSPS) is 18.1. The van der Waals surface area contributed by atoms with Crippen molar-refractivity contribution in [2.24, 2.45) is 5.73 Å². The Morgan fingerprint density at radius 1 is 1.29 bits per heavy atom. The van der Waals surface area contributed by atoms with Crippen LogP contribution in [0.15, 0.2) is 24.3 Å². The van der Waals surface area contributed by atoms with Crippen LogP contribution in [-0.2, 0) is 14.6 Å². The summed E-state index contributed by atoms with van der Waals surface area (Å²) in [6, 6.07) is 7.04. The predicted molar refractivity (Wildman–Crippen MR) is 86.1 cm³/mol. The zero-order valence-corrected chi connectivity index (χ0v) is 13.0. The molecule has 0 radical (unpaired) electrons. The Hall–Kier alpha value is -1.51. The highest BCUT2D eigenvalue weighted by Crippen LogP contribution is 2.15. The lowest BCUT2D eigenvalue weighted by Gasteiger charge is -2.25. The fourth-order valence-electron chi connectivity index (χ4n) is 2.11. The molecule has 1 aliphatic rings. The maximum absolute atomic E-state index is 12.0. The Kier molecular flexibility index (Phi) is 4.92. The van der Waals surface area contributed by atoms with Crippen LogP contribution in [0.5, 0.6) is 0 Å². The van der Waals surface area contributed by atoms with Crippen molar-refractivity contribution in [1.29, 1.82) is 0 Å². The van der Waals surface area contributed by atoms with Crippen molar-refractivity contribution >= 4 is 38.6 Å². The van der Waals surface area contributed by atoms with Crippen LogP contribution in [0.3, 0.4) is 0 Å². The zero-order chi connectivity index (χ0) is 15.5. The first kappa shape index (κ1) is 15.9. The number of nitrogens with one attached hydrogen (secondary N) is 1. The number of amides is 1. The third kappa shape index (κ3) is 4.48. The van der Waals surface area contributed by atoms with Gasteiger partial charge in [0.25, 0.3) is 0 Å². The zero-order valence-electron chi connectivity index (χ0n) is 11.4. The second-order valence-corrected chi connectivity index (χ2v) is 7.63. The monoisotopic (exact) mass is 327 g/mol. The van der Waals surface area contributed by atoms with Crippen LogP contribution in [0.2, 0.25) is 0 Å². The summed E-state index contributed by atoms with van der Waals surface area (Å²) in [6.07, 6.45) is 0. The van der Waals surface area contributed by atoms with Crippen LogP contribution < -0.4 is 11.1 Å². The molecule has 3 N–H and O–H groups in total. The van der Waals surface area contributed by atoms with Crippen molar-refractivity contribution in [1.82, 2.24) is 4.90 Å². The van der Waals surface area contributed by atoms with Gasteiger partial charge in [-0.05, 0) is 12.1 Å². The van der Waals surface area contributed by atoms with E-state index in [0.29, 0.717) is 24.3 Å². The first-order valence-electron chi connectivity index (χ1n) is 6.49. The standard InChI is InChI=1S/C13H17N3O3S2/c14-13(20)10-3-1-2-4-11(10)15-12(17)9-16-5-7-21(18,19)8-6-16/h1-4H,5-9H2,(H2,14,20)(H,15,17). The first-order chi connectivity index (χ1) is 9.87. The van der Waals surface area contributed by atoms with E-state index in [1.807, 2.05) is 4.90 Å². The van der Waals surface area contributed by atoms with Crippen LogP contribution in [-0.4, -0.2) is 55.4 Å². The molecule has 1 aliphatic heterocycles. The van der Waals surface area contributed by atoms with Crippen molar-refractivity contribution in [3.63, 3.8) is 0 Å². The van der Waals surface area contributed by atoms with Gasteiger partial charge in [0.2, 0.25) is 5.91 Å². The van der Waals surface area contributed by atoms with Gasteiger partial charge in [-0.1, -0.05) is 24.4 Å². The van der Waals surface area contributed by atoms with Gasteiger partial charge in [0.1, 0.15) is 4.99 Å². The molecule has 0 bridgehead atoms. The number of benzene rings is 1. The number of nitrogens with two attached hydrogens (primary N) is 1. The minimum atomic E-state index is -2.94. The van der Waals surface area contributed by atoms with E-state index >= 15 is 0 Å². The van der Waals surface area contributed by atoms with E-state index in [1.165, 1.54) is 0 Å². The number of carbonyl (C=O) groups excluding carboxylic acids is 1. The Balaban J connectivity index is 1.95. The largest absolute Gasteiger partial charge is 0.389 e. The van der Waals surface area contributed by atoms with Gasteiger partial charge in [0.15, 0.2) is 9.84 Å². The molecule has 0 aromatic heterocycles. The highest BCUT2D eigenvalue weighted by molar-refractivity contribution is 7.91. The van der Waals surface area contributed by atoms with Gasteiger partial charge in [-0.15, -0.1) is 0 Å². The summed E-state index contributed by atoms with van der Waals surface area (Å²) in [5.41, 5.74) is 6.79. The van der Waals surface area contributed by atoms with E-state index in [2.05, 4.69) is 5.32 Å². The van der Waals surface area contributed by atoms with Gasteiger partial charge in [-0.3, -0.25) is 9.69 Å². The summed E-state index contributed by atoms with van der Waals surface area (Å²) >= 11 is 4.94. The van der Waals surface area contributed by atoms with Crippen LogP contribution >= 0.6 is 12.2 Å². The predicted octanol–water partition coefficient (Wildman–Crippen LogP) is -0.0103. The lowest BCUT2D eigenvalue weighted by molar-refractivity contribution is -0.117. The van der Waals surface area contributed by atoms with Crippen molar-refractivity contribution in [3.05, 3.63) is 29.8 Å². The molecule has 1 fully saturated rings. The second-order valence-electron chi connectivity index (χ2n) is 4.89. The molecule has 0 saturated carbocycles. The Morgan fingerprint density at radius 3 is 2.52 bits per heavy atom. The Labute approximate surface area is 129 Å². The summed E-state index contributed by atoms with van der Waals surface area (Å²) in [7, 11) is -2.94.